The van der Waals surface area contributed by atoms with E-state index in [-0.39, 0.29) is 0 Å². The van der Waals surface area contributed by atoms with Gasteiger partial charge < -0.3 is 10.5 Å². The van der Waals surface area contributed by atoms with Crippen molar-refractivity contribution in [3.63, 3.8) is 0 Å². The van der Waals surface area contributed by atoms with Crippen LogP contribution < -0.4 is 10.5 Å². The third-order valence-corrected chi connectivity index (χ3v) is 4.24. The number of hydrogen-bond donors (Lipinski definition) is 1. The zero-order chi connectivity index (χ0) is 14.7. The Kier molecular flexibility index (Phi) is 5.08. The SMILES string of the molecule is Cc1c(Cl)ccc(Oc2cc(Br)ccc2CCN)c1C. The molecule has 0 spiro atoms. The van der Waals surface area contributed by atoms with Gasteiger partial charge in [-0.05, 0) is 67.8 Å². The molecule has 0 heterocycles. The molecule has 106 valence electrons. The molecule has 2 aromatic carbocycles. The second-order valence-electron chi connectivity index (χ2n) is 4.69. The molecule has 0 aromatic heterocycles. The molecule has 0 radical (unpaired) electrons. The van der Waals surface area contributed by atoms with Gasteiger partial charge in [0.25, 0.3) is 0 Å². The number of halogens is 2. The fourth-order valence-electron chi connectivity index (χ4n) is 1.98. The lowest BCUT2D eigenvalue weighted by Gasteiger charge is -2.15. The van der Waals surface area contributed by atoms with Crippen LogP contribution in [0.2, 0.25) is 5.02 Å². The van der Waals surface area contributed by atoms with Gasteiger partial charge in [-0.1, -0.05) is 33.6 Å². The maximum atomic E-state index is 6.12. The monoisotopic (exact) mass is 353 g/mol. The van der Waals surface area contributed by atoms with E-state index in [2.05, 4.69) is 15.9 Å². The first-order chi connectivity index (χ1) is 9.52. The van der Waals surface area contributed by atoms with E-state index in [4.69, 9.17) is 22.1 Å². The molecule has 0 unspecified atom stereocenters. The van der Waals surface area contributed by atoms with E-state index in [1.807, 2.05) is 44.2 Å². The van der Waals surface area contributed by atoms with Gasteiger partial charge in [-0.2, -0.15) is 0 Å². The molecule has 2 nitrogen and oxygen atoms in total. The van der Waals surface area contributed by atoms with Crippen LogP contribution in [-0.4, -0.2) is 6.54 Å². The topological polar surface area (TPSA) is 35.2 Å². The standard InChI is InChI=1S/C16H17BrClNO/c1-10-11(2)15(6-5-14(10)18)20-16-9-13(17)4-3-12(16)7-8-19/h3-6,9H,7-8,19H2,1-2H3. The van der Waals surface area contributed by atoms with Crippen molar-refractivity contribution < 1.29 is 4.74 Å². The van der Waals surface area contributed by atoms with Crippen molar-refractivity contribution in [2.24, 2.45) is 5.73 Å². The number of ether oxygens (including phenoxy) is 1. The van der Waals surface area contributed by atoms with Crippen LogP contribution in [0.4, 0.5) is 0 Å². The lowest BCUT2D eigenvalue weighted by Crippen LogP contribution is -2.04. The third-order valence-electron chi connectivity index (χ3n) is 3.33. The number of hydrogen-bond acceptors (Lipinski definition) is 2. The molecule has 0 bridgehead atoms. The van der Waals surface area contributed by atoms with Gasteiger partial charge in [0, 0.05) is 9.50 Å². The van der Waals surface area contributed by atoms with Crippen molar-refractivity contribution in [3.8, 4) is 11.5 Å². The van der Waals surface area contributed by atoms with Crippen LogP contribution in [0, 0.1) is 13.8 Å². The minimum Gasteiger partial charge on any atom is -0.457 e. The molecule has 0 aliphatic rings. The average molecular weight is 355 g/mol. The van der Waals surface area contributed by atoms with Gasteiger partial charge in [0.2, 0.25) is 0 Å². The Morgan fingerprint density at radius 2 is 1.85 bits per heavy atom. The molecular formula is C16H17BrClNO. The maximum absolute atomic E-state index is 6.12. The second kappa shape index (κ2) is 6.61. The molecule has 2 aromatic rings. The fraction of sp³-hybridized carbons (Fsp3) is 0.250. The van der Waals surface area contributed by atoms with E-state index >= 15 is 0 Å². The number of benzene rings is 2. The number of nitrogens with two attached hydrogens (primary N) is 1. The Morgan fingerprint density at radius 1 is 1.10 bits per heavy atom. The molecule has 0 saturated heterocycles. The molecule has 2 N–H and O–H groups in total. The van der Waals surface area contributed by atoms with E-state index < -0.39 is 0 Å². The molecule has 0 aliphatic heterocycles. The Balaban J connectivity index is 2.39. The Hall–Kier alpha value is -1.03. The molecule has 0 amide bonds. The summed E-state index contributed by atoms with van der Waals surface area (Å²) in [5.41, 5.74) is 8.84. The van der Waals surface area contributed by atoms with Gasteiger partial charge in [0.1, 0.15) is 11.5 Å². The summed E-state index contributed by atoms with van der Waals surface area (Å²) in [5, 5.41) is 0.756. The second-order valence-corrected chi connectivity index (χ2v) is 6.01. The minimum absolute atomic E-state index is 0.594. The molecule has 4 heteroatoms. The Morgan fingerprint density at radius 3 is 2.55 bits per heavy atom. The van der Waals surface area contributed by atoms with Crippen molar-refractivity contribution >= 4 is 27.5 Å². The summed E-state index contributed by atoms with van der Waals surface area (Å²) >= 11 is 9.59. The van der Waals surface area contributed by atoms with Gasteiger partial charge in [-0.3, -0.25) is 0 Å². The lowest BCUT2D eigenvalue weighted by molar-refractivity contribution is 0.472. The van der Waals surface area contributed by atoms with Crippen LogP contribution in [-0.2, 0) is 6.42 Å². The van der Waals surface area contributed by atoms with E-state index in [9.17, 15) is 0 Å². The van der Waals surface area contributed by atoms with Crippen molar-refractivity contribution in [2.45, 2.75) is 20.3 Å². The summed E-state index contributed by atoms with van der Waals surface area (Å²) in [6, 6.07) is 9.76. The molecular weight excluding hydrogens is 338 g/mol. The first kappa shape index (κ1) is 15.4. The van der Waals surface area contributed by atoms with E-state index in [0.29, 0.717) is 6.54 Å². The van der Waals surface area contributed by atoms with E-state index in [1.54, 1.807) is 0 Å². The smallest absolute Gasteiger partial charge is 0.131 e. The highest BCUT2D eigenvalue weighted by Crippen LogP contribution is 2.33. The fourth-order valence-corrected chi connectivity index (χ4v) is 2.52. The van der Waals surface area contributed by atoms with Crippen LogP contribution in [0.15, 0.2) is 34.8 Å². The lowest BCUT2D eigenvalue weighted by atomic mass is 10.1. The van der Waals surface area contributed by atoms with E-state index in [1.165, 1.54) is 0 Å². The van der Waals surface area contributed by atoms with E-state index in [0.717, 1.165) is 44.1 Å². The Labute approximate surface area is 133 Å². The van der Waals surface area contributed by atoms with Gasteiger partial charge in [-0.15, -0.1) is 0 Å². The van der Waals surface area contributed by atoms with Crippen molar-refractivity contribution in [1.82, 2.24) is 0 Å². The zero-order valence-electron chi connectivity index (χ0n) is 11.5. The van der Waals surface area contributed by atoms with Crippen LogP contribution in [0.5, 0.6) is 11.5 Å². The Bertz CT molecular complexity index is 628. The molecule has 0 atom stereocenters. The summed E-state index contributed by atoms with van der Waals surface area (Å²) < 4.78 is 7.05. The summed E-state index contributed by atoms with van der Waals surface area (Å²) in [6.45, 7) is 4.60. The molecule has 0 fully saturated rings. The first-order valence-electron chi connectivity index (χ1n) is 6.45. The van der Waals surface area contributed by atoms with Crippen LogP contribution in [0.25, 0.3) is 0 Å². The summed E-state index contributed by atoms with van der Waals surface area (Å²) in [5.74, 6) is 1.65. The predicted molar refractivity (Wildman–Crippen MR) is 87.9 cm³/mol. The first-order valence-corrected chi connectivity index (χ1v) is 7.62. The highest BCUT2D eigenvalue weighted by molar-refractivity contribution is 9.10. The van der Waals surface area contributed by atoms with Gasteiger partial charge in [0.05, 0.1) is 0 Å². The van der Waals surface area contributed by atoms with Crippen molar-refractivity contribution in [1.29, 1.82) is 0 Å². The average Bonchev–Trinajstić information content (AvgIpc) is 2.42. The van der Waals surface area contributed by atoms with Crippen LogP contribution in [0.3, 0.4) is 0 Å². The summed E-state index contributed by atoms with van der Waals surface area (Å²) in [4.78, 5) is 0. The summed E-state index contributed by atoms with van der Waals surface area (Å²) in [6.07, 6.45) is 0.786. The number of rotatable bonds is 4. The van der Waals surface area contributed by atoms with Gasteiger partial charge in [-0.25, -0.2) is 0 Å². The molecule has 0 aliphatic carbocycles. The van der Waals surface area contributed by atoms with Crippen LogP contribution in [0.1, 0.15) is 16.7 Å². The van der Waals surface area contributed by atoms with Crippen molar-refractivity contribution in [2.75, 3.05) is 6.54 Å². The molecule has 20 heavy (non-hydrogen) atoms. The molecule has 0 saturated carbocycles. The normalized spacial score (nSPS) is 10.7. The summed E-state index contributed by atoms with van der Waals surface area (Å²) in [7, 11) is 0. The largest absolute Gasteiger partial charge is 0.457 e. The quantitative estimate of drug-likeness (QED) is 0.837. The van der Waals surface area contributed by atoms with Gasteiger partial charge in [0.15, 0.2) is 0 Å². The minimum atomic E-state index is 0.594. The zero-order valence-corrected chi connectivity index (χ0v) is 13.9. The third kappa shape index (κ3) is 3.35. The predicted octanol–water partition coefficient (Wildman–Crippen LogP) is 5.01. The highest BCUT2D eigenvalue weighted by atomic mass is 79.9. The highest BCUT2D eigenvalue weighted by Gasteiger charge is 2.10. The van der Waals surface area contributed by atoms with Crippen molar-refractivity contribution in [3.05, 3.63) is 56.5 Å². The molecule has 2 rings (SSSR count). The van der Waals surface area contributed by atoms with Crippen LogP contribution >= 0.6 is 27.5 Å². The van der Waals surface area contributed by atoms with Gasteiger partial charge >= 0.3 is 0 Å². The maximum Gasteiger partial charge on any atom is 0.131 e.